The predicted molar refractivity (Wildman–Crippen MR) is 115 cm³/mol. The topological polar surface area (TPSA) is 9.72 Å². The Bertz CT molecular complexity index is 675. The van der Waals surface area contributed by atoms with Crippen LogP contribution >= 0.6 is 24.0 Å². The van der Waals surface area contributed by atoms with Gasteiger partial charge in [-0.1, -0.05) is 84.6 Å². The molecule has 2 aliphatic rings. The lowest BCUT2D eigenvalue weighted by molar-refractivity contribution is 0.0855. The van der Waals surface area contributed by atoms with Gasteiger partial charge in [0.2, 0.25) is 0 Å². The second kappa shape index (κ2) is 8.53. The number of nitrogens with zero attached hydrogens (tertiary/aromatic N) is 3. The van der Waals surface area contributed by atoms with E-state index in [1.165, 1.54) is 11.1 Å². The molecule has 0 N–H and O–H groups in total. The van der Waals surface area contributed by atoms with Crippen LogP contribution in [0.3, 0.4) is 0 Å². The standard InChI is InChI=1S/C21H25N3S2/c25-21-24(15-16-26-21)17-22-11-13-23(14-12-22)20(18-7-3-1-4-8-18)19-9-5-2-6-10-19/h1-10,20H,11-17H2. The van der Waals surface area contributed by atoms with E-state index in [9.17, 15) is 0 Å². The fourth-order valence-electron chi connectivity index (χ4n) is 3.84. The van der Waals surface area contributed by atoms with Crippen molar-refractivity contribution < 1.29 is 0 Å². The fraction of sp³-hybridized carbons (Fsp3) is 0.381. The molecule has 0 aromatic heterocycles. The molecule has 5 heteroatoms. The molecule has 0 spiro atoms. The van der Waals surface area contributed by atoms with E-state index in [1.807, 2.05) is 11.8 Å². The summed E-state index contributed by atoms with van der Waals surface area (Å²) in [4.78, 5) is 7.52. The number of piperazine rings is 1. The lowest BCUT2D eigenvalue weighted by Gasteiger charge is -2.41. The summed E-state index contributed by atoms with van der Waals surface area (Å²) < 4.78 is 1.07. The maximum Gasteiger partial charge on any atom is 0.137 e. The molecule has 0 unspecified atom stereocenters. The minimum Gasteiger partial charge on any atom is -0.344 e. The Morgan fingerprint density at radius 3 is 1.88 bits per heavy atom. The average molecular weight is 384 g/mol. The van der Waals surface area contributed by atoms with Gasteiger partial charge in [-0.2, -0.15) is 0 Å². The van der Waals surface area contributed by atoms with Crippen LogP contribution in [0.2, 0.25) is 0 Å². The van der Waals surface area contributed by atoms with Crippen molar-refractivity contribution in [1.29, 1.82) is 0 Å². The minimum atomic E-state index is 0.336. The summed E-state index contributed by atoms with van der Waals surface area (Å²) in [5.41, 5.74) is 2.76. The van der Waals surface area contributed by atoms with E-state index in [0.717, 1.165) is 49.5 Å². The van der Waals surface area contributed by atoms with Crippen molar-refractivity contribution >= 4 is 28.3 Å². The highest BCUT2D eigenvalue weighted by atomic mass is 32.2. The molecular weight excluding hydrogens is 358 g/mol. The average Bonchev–Trinajstić information content (AvgIpc) is 3.10. The summed E-state index contributed by atoms with van der Waals surface area (Å²) in [5.74, 6) is 1.14. The largest absolute Gasteiger partial charge is 0.344 e. The van der Waals surface area contributed by atoms with Gasteiger partial charge in [0.15, 0.2) is 0 Å². The van der Waals surface area contributed by atoms with Gasteiger partial charge in [-0.25, -0.2) is 0 Å². The van der Waals surface area contributed by atoms with E-state index < -0.39 is 0 Å². The van der Waals surface area contributed by atoms with Crippen LogP contribution in [0.4, 0.5) is 0 Å². The van der Waals surface area contributed by atoms with Crippen molar-refractivity contribution in [2.24, 2.45) is 0 Å². The molecular formula is C21H25N3S2. The Kier molecular flexibility index (Phi) is 5.90. The van der Waals surface area contributed by atoms with Gasteiger partial charge in [0.05, 0.1) is 12.7 Å². The van der Waals surface area contributed by atoms with Gasteiger partial charge in [-0.3, -0.25) is 9.80 Å². The third-order valence-corrected chi connectivity index (χ3v) is 6.72. The van der Waals surface area contributed by atoms with Crippen molar-refractivity contribution in [3.63, 3.8) is 0 Å². The Balaban J connectivity index is 1.45. The first-order valence-corrected chi connectivity index (χ1v) is 10.7. The lowest BCUT2D eigenvalue weighted by atomic mass is 9.96. The monoisotopic (exact) mass is 383 g/mol. The van der Waals surface area contributed by atoms with Gasteiger partial charge in [-0.15, -0.1) is 0 Å². The molecule has 26 heavy (non-hydrogen) atoms. The van der Waals surface area contributed by atoms with Crippen LogP contribution in [-0.2, 0) is 0 Å². The van der Waals surface area contributed by atoms with Gasteiger partial charge in [0.1, 0.15) is 4.32 Å². The summed E-state index contributed by atoms with van der Waals surface area (Å²) in [6, 6.07) is 22.1. The zero-order valence-corrected chi connectivity index (χ0v) is 16.6. The fourth-order valence-corrected chi connectivity index (χ4v) is 5.06. The van der Waals surface area contributed by atoms with Crippen LogP contribution in [0.5, 0.6) is 0 Å². The number of hydrogen-bond donors (Lipinski definition) is 0. The summed E-state index contributed by atoms with van der Waals surface area (Å²) >= 11 is 7.27. The molecule has 0 amide bonds. The predicted octanol–water partition coefficient (Wildman–Crippen LogP) is 3.68. The molecule has 2 aromatic carbocycles. The smallest absolute Gasteiger partial charge is 0.137 e. The number of rotatable bonds is 5. The van der Waals surface area contributed by atoms with Gasteiger partial charge in [0.25, 0.3) is 0 Å². The van der Waals surface area contributed by atoms with Crippen molar-refractivity contribution in [3.8, 4) is 0 Å². The summed E-state index contributed by atoms with van der Waals surface area (Å²) in [6.45, 7) is 6.45. The van der Waals surface area contributed by atoms with Crippen LogP contribution < -0.4 is 0 Å². The van der Waals surface area contributed by atoms with Crippen LogP contribution in [0, 0.1) is 0 Å². The highest BCUT2D eigenvalue weighted by Crippen LogP contribution is 2.29. The van der Waals surface area contributed by atoms with E-state index in [2.05, 4.69) is 75.4 Å². The molecule has 2 fully saturated rings. The second-order valence-electron chi connectivity index (χ2n) is 6.90. The molecule has 2 aliphatic heterocycles. The first-order chi connectivity index (χ1) is 12.8. The van der Waals surface area contributed by atoms with Gasteiger partial charge < -0.3 is 4.90 Å². The molecule has 0 aliphatic carbocycles. The Labute approximate surface area is 166 Å². The normalized spacial score (nSPS) is 19.4. The van der Waals surface area contributed by atoms with Crippen molar-refractivity contribution in [3.05, 3.63) is 71.8 Å². The zero-order chi connectivity index (χ0) is 17.8. The highest BCUT2D eigenvalue weighted by molar-refractivity contribution is 8.23. The van der Waals surface area contributed by atoms with E-state index in [4.69, 9.17) is 12.2 Å². The lowest BCUT2D eigenvalue weighted by Crippen LogP contribution is -2.51. The van der Waals surface area contributed by atoms with Crippen molar-refractivity contribution in [2.45, 2.75) is 6.04 Å². The number of thioether (sulfide) groups is 1. The Morgan fingerprint density at radius 2 is 1.38 bits per heavy atom. The second-order valence-corrected chi connectivity index (χ2v) is 8.63. The van der Waals surface area contributed by atoms with E-state index in [-0.39, 0.29) is 0 Å². The molecule has 136 valence electrons. The molecule has 0 radical (unpaired) electrons. The van der Waals surface area contributed by atoms with Crippen LogP contribution in [0.25, 0.3) is 0 Å². The molecule has 2 saturated heterocycles. The Hall–Kier alpha value is -1.40. The van der Waals surface area contributed by atoms with E-state index in [1.54, 1.807) is 0 Å². The van der Waals surface area contributed by atoms with Crippen LogP contribution in [0.15, 0.2) is 60.7 Å². The molecule has 2 heterocycles. The highest BCUT2D eigenvalue weighted by Gasteiger charge is 2.28. The van der Waals surface area contributed by atoms with Gasteiger partial charge in [-0.05, 0) is 11.1 Å². The molecule has 0 saturated carbocycles. The number of hydrogen-bond acceptors (Lipinski definition) is 4. The van der Waals surface area contributed by atoms with Crippen LogP contribution in [-0.4, -0.2) is 64.2 Å². The maximum absolute atomic E-state index is 5.45. The first-order valence-electron chi connectivity index (χ1n) is 9.29. The van der Waals surface area contributed by atoms with Crippen molar-refractivity contribution in [2.75, 3.05) is 45.1 Å². The molecule has 0 atom stereocenters. The molecule has 3 nitrogen and oxygen atoms in total. The maximum atomic E-state index is 5.45. The van der Waals surface area contributed by atoms with Gasteiger partial charge >= 0.3 is 0 Å². The molecule has 2 aromatic rings. The summed E-state index contributed by atoms with van der Waals surface area (Å²) in [6.07, 6.45) is 0. The van der Waals surface area contributed by atoms with E-state index in [0.29, 0.717) is 6.04 Å². The third kappa shape index (κ3) is 4.12. The minimum absolute atomic E-state index is 0.336. The van der Waals surface area contributed by atoms with Gasteiger partial charge in [0, 0.05) is 38.5 Å². The quantitative estimate of drug-likeness (QED) is 0.727. The Morgan fingerprint density at radius 1 is 0.808 bits per heavy atom. The SMILES string of the molecule is S=C1SCCN1CN1CCN(C(c2ccccc2)c2ccccc2)CC1. The summed E-state index contributed by atoms with van der Waals surface area (Å²) in [7, 11) is 0. The number of benzene rings is 2. The molecule has 0 bridgehead atoms. The zero-order valence-electron chi connectivity index (χ0n) is 15.0. The number of thiocarbonyl (C=S) groups is 1. The third-order valence-electron chi connectivity index (χ3n) is 5.22. The first kappa shape index (κ1) is 18.0. The van der Waals surface area contributed by atoms with E-state index >= 15 is 0 Å². The summed E-state index contributed by atoms with van der Waals surface area (Å²) in [5, 5.41) is 0. The van der Waals surface area contributed by atoms with Crippen LogP contribution in [0.1, 0.15) is 17.2 Å². The van der Waals surface area contributed by atoms with Crippen molar-refractivity contribution in [1.82, 2.24) is 14.7 Å². The molecule has 4 rings (SSSR count).